The van der Waals surface area contributed by atoms with Gasteiger partial charge in [0.25, 0.3) is 0 Å². The molecule has 0 unspecified atom stereocenters. The van der Waals surface area contributed by atoms with Crippen molar-refractivity contribution in [3.05, 3.63) is 53.9 Å². The van der Waals surface area contributed by atoms with Crippen LogP contribution >= 0.6 is 0 Å². The molecule has 2 aromatic rings. The second-order valence-corrected chi connectivity index (χ2v) is 3.99. The molecular weight excluding hydrogens is 252 g/mol. The van der Waals surface area contributed by atoms with Crippen molar-refractivity contribution in [3.63, 3.8) is 0 Å². The Morgan fingerprint density at radius 2 is 2.05 bits per heavy atom. The smallest absolute Gasteiger partial charge is 0.126 e. The monoisotopic (exact) mass is 266 g/mol. The number of benzene rings is 1. The average Bonchev–Trinajstić information content (AvgIpc) is 2.53. The first-order chi connectivity index (χ1) is 9.78. The highest BCUT2D eigenvalue weighted by Crippen LogP contribution is 2.27. The van der Waals surface area contributed by atoms with E-state index in [1.807, 2.05) is 24.3 Å². The van der Waals surface area contributed by atoms with Crippen molar-refractivity contribution in [3.8, 4) is 17.6 Å². The van der Waals surface area contributed by atoms with Crippen LogP contribution in [0.25, 0.3) is 11.6 Å². The number of pyridine rings is 1. The number of nitrogens with zero attached hydrogens (tertiary/aromatic N) is 2. The van der Waals surface area contributed by atoms with Crippen LogP contribution in [0.1, 0.15) is 11.3 Å². The highest BCUT2D eigenvalue weighted by atomic mass is 16.5. The molecule has 20 heavy (non-hydrogen) atoms. The molecule has 0 atom stereocenters. The zero-order valence-electron chi connectivity index (χ0n) is 11.3. The fraction of sp³-hybridized carbons (Fsp3) is 0.125. The first-order valence-electron chi connectivity index (χ1n) is 6.03. The van der Waals surface area contributed by atoms with E-state index in [4.69, 9.17) is 9.47 Å². The van der Waals surface area contributed by atoms with Crippen LogP contribution in [0.5, 0.6) is 11.5 Å². The molecule has 1 heterocycles. The molecule has 0 aliphatic rings. The third-order valence-corrected chi connectivity index (χ3v) is 2.80. The lowest BCUT2D eigenvalue weighted by Crippen LogP contribution is -1.91. The molecule has 0 aliphatic heterocycles. The lowest BCUT2D eigenvalue weighted by atomic mass is 10.1. The number of nitriles is 1. The van der Waals surface area contributed by atoms with E-state index < -0.39 is 0 Å². The summed E-state index contributed by atoms with van der Waals surface area (Å²) in [5, 5.41) is 9.30. The van der Waals surface area contributed by atoms with Crippen LogP contribution in [-0.4, -0.2) is 19.2 Å². The van der Waals surface area contributed by atoms with E-state index in [0.717, 1.165) is 5.56 Å². The van der Waals surface area contributed by atoms with E-state index in [1.165, 1.54) is 0 Å². The van der Waals surface area contributed by atoms with Crippen LogP contribution in [0.2, 0.25) is 0 Å². The maximum absolute atomic E-state index is 9.30. The number of methoxy groups -OCH3 is 2. The van der Waals surface area contributed by atoms with Gasteiger partial charge in [-0.05, 0) is 36.4 Å². The number of hydrogen-bond donors (Lipinski definition) is 0. The topological polar surface area (TPSA) is 55.1 Å². The Bertz CT molecular complexity index is 658. The summed E-state index contributed by atoms with van der Waals surface area (Å²) in [6.07, 6.45) is 3.40. The maximum atomic E-state index is 9.30. The minimum absolute atomic E-state index is 0.470. The molecule has 2 rings (SSSR count). The Morgan fingerprint density at radius 1 is 1.20 bits per heavy atom. The number of rotatable bonds is 4. The molecule has 4 nitrogen and oxygen atoms in total. The molecule has 0 saturated carbocycles. The number of hydrogen-bond acceptors (Lipinski definition) is 4. The van der Waals surface area contributed by atoms with E-state index in [0.29, 0.717) is 22.8 Å². The zero-order chi connectivity index (χ0) is 14.4. The Kier molecular flexibility index (Phi) is 4.35. The number of allylic oxidation sites excluding steroid dienone is 1. The lowest BCUT2D eigenvalue weighted by molar-refractivity contribution is 0.402. The van der Waals surface area contributed by atoms with Crippen LogP contribution in [0.3, 0.4) is 0 Å². The van der Waals surface area contributed by atoms with E-state index in [9.17, 15) is 5.26 Å². The minimum atomic E-state index is 0.470. The van der Waals surface area contributed by atoms with Gasteiger partial charge in [-0.15, -0.1) is 0 Å². The normalized spacial score (nSPS) is 10.8. The van der Waals surface area contributed by atoms with Crippen molar-refractivity contribution in [2.75, 3.05) is 14.2 Å². The quantitative estimate of drug-likeness (QED) is 0.798. The average molecular weight is 266 g/mol. The summed E-state index contributed by atoms with van der Waals surface area (Å²) in [6.45, 7) is 0. The predicted octanol–water partition coefficient (Wildman–Crippen LogP) is 3.16. The van der Waals surface area contributed by atoms with Crippen molar-refractivity contribution in [2.45, 2.75) is 0 Å². The van der Waals surface area contributed by atoms with Gasteiger partial charge in [-0.1, -0.05) is 6.07 Å². The lowest BCUT2D eigenvalue weighted by Gasteiger charge is -2.08. The number of aromatic nitrogens is 1. The number of ether oxygens (including phenoxy) is 2. The molecule has 4 heteroatoms. The highest BCUT2D eigenvalue weighted by Gasteiger charge is 2.07. The van der Waals surface area contributed by atoms with Crippen molar-refractivity contribution in [1.29, 1.82) is 5.26 Å². The molecule has 0 fully saturated rings. The Labute approximate surface area is 117 Å². The van der Waals surface area contributed by atoms with Gasteiger partial charge in [0, 0.05) is 11.8 Å². The van der Waals surface area contributed by atoms with E-state index >= 15 is 0 Å². The molecule has 1 aromatic heterocycles. The molecule has 0 bridgehead atoms. The van der Waals surface area contributed by atoms with E-state index in [-0.39, 0.29) is 0 Å². The second-order valence-electron chi connectivity index (χ2n) is 3.99. The molecule has 0 amide bonds. The van der Waals surface area contributed by atoms with Crippen molar-refractivity contribution in [2.24, 2.45) is 0 Å². The molecule has 0 aliphatic carbocycles. The van der Waals surface area contributed by atoms with Gasteiger partial charge in [0.2, 0.25) is 0 Å². The molecule has 0 radical (unpaired) electrons. The van der Waals surface area contributed by atoms with Gasteiger partial charge < -0.3 is 9.47 Å². The Balaban J connectivity index is 2.50. The summed E-state index contributed by atoms with van der Waals surface area (Å²) < 4.78 is 10.5. The van der Waals surface area contributed by atoms with Gasteiger partial charge in [0.05, 0.1) is 25.5 Å². The third-order valence-electron chi connectivity index (χ3n) is 2.80. The van der Waals surface area contributed by atoms with Crippen molar-refractivity contribution in [1.82, 2.24) is 4.98 Å². The van der Waals surface area contributed by atoms with Gasteiger partial charge in [-0.25, -0.2) is 0 Å². The highest BCUT2D eigenvalue weighted by molar-refractivity contribution is 5.89. The second kappa shape index (κ2) is 6.39. The molecule has 0 saturated heterocycles. The van der Waals surface area contributed by atoms with Crippen molar-refractivity contribution >= 4 is 11.6 Å². The summed E-state index contributed by atoms with van der Waals surface area (Å²) in [5.74, 6) is 1.38. The zero-order valence-corrected chi connectivity index (χ0v) is 11.3. The first kappa shape index (κ1) is 13.6. The summed E-state index contributed by atoms with van der Waals surface area (Å²) >= 11 is 0. The van der Waals surface area contributed by atoms with Gasteiger partial charge in [0.1, 0.15) is 17.6 Å². The maximum Gasteiger partial charge on any atom is 0.126 e. The summed E-state index contributed by atoms with van der Waals surface area (Å²) in [5.41, 5.74) is 1.87. The summed E-state index contributed by atoms with van der Waals surface area (Å²) in [7, 11) is 3.19. The Hall–Kier alpha value is -2.80. The fourth-order valence-electron chi connectivity index (χ4n) is 1.79. The molecule has 100 valence electrons. The molecule has 1 aromatic carbocycles. The SMILES string of the molecule is COc1ccc(OC)c(C=C(C#N)c2ccccn2)c1. The van der Waals surface area contributed by atoms with E-state index in [1.54, 1.807) is 38.6 Å². The predicted molar refractivity (Wildman–Crippen MR) is 77.3 cm³/mol. The summed E-state index contributed by atoms with van der Waals surface area (Å²) in [6, 6.07) is 13.0. The largest absolute Gasteiger partial charge is 0.497 e. The van der Waals surface area contributed by atoms with Crippen LogP contribution in [0.15, 0.2) is 42.6 Å². The van der Waals surface area contributed by atoms with Crippen LogP contribution in [0, 0.1) is 11.3 Å². The van der Waals surface area contributed by atoms with Gasteiger partial charge in [-0.2, -0.15) is 5.26 Å². The first-order valence-corrected chi connectivity index (χ1v) is 6.03. The van der Waals surface area contributed by atoms with Gasteiger partial charge in [0.15, 0.2) is 0 Å². The van der Waals surface area contributed by atoms with Gasteiger partial charge in [-0.3, -0.25) is 4.98 Å². The standard InChI is InChI=1S/C16H14N2O2/c1-19-14-6-7-16(20-2)12(10-14)9-13(11-17)15-5-3-4-8-18-15/h3-10H,1-2H3. The molecule has 0 N–H and O–H groups in total. The fourth-order valence-corrected chi connectivity index (χ4v) is 1.79. The van der Waals surface area contributed by atoms with Crippen LogP contribution in [0.4, 0.5) is 0 Å². The molecular formula is C16H14N2O2. The van der Waals surface area contributed by atoms with E-state index in [2.05, 4.69) is 11.1 Å². The summed E-state index contributed by atoms with van der Waals surface area (Å²) in [4.78, 5) is 4.18. The Morgan fingerprint density at radius 3 is 2.65 bits per heavy atom. The van der Waals surface area contributed by atoms with Crippen LogP contribution < -0.4 is 9.47 Å². The van der Waals surface area contributed by atoms with Crippen molar-refractivity contribution < 1.29 is 9.47 Å². The van der Waals surface area contributed by atoms with Crippen LogP contribution in [-0.2, 0) is 0 Å². The van der Waals surface area contributed by atoms with Gasteiger partial charge >= 0.3 is 0 Å². The molecule has 0 spiro atoms. The minimum Gasteiger partial charge on any atom is -0.497 e. The third kappa shape index (κ3) is 2.96.